The zero-order chi connectivity index (χ0) is 7.84. The minimum absolute atomic E-state index is 0.139. The summed E-state index contributed by atoms with van der Waals surface area (Å²) < 4.78 is 0. The Bertz CT molecular complexity index is 311. The summed E-state index contributed by atoms with van der Waals surface area (Å²) in [6.07, 6.45) is 0. The lowest BCUT2D eigenvalue weighted by atomic mass is 9.83. The highest BCUT2D eigenvalue weighted by Gasteiger charge is 2.24. The highest BCUT2D eigenvalue weighted by atomic mass is 16.2. The number of amides is 1. The minimum Gasteiger partial charge on any atom is -0.384 e. The quantitative estimate of drug-likeness (QED) is 0.461. The molecule has 0 bridgehead atoms. The molecule has 3 heteroatoms. The number of benzene rings is 1. The molecule has 1 heterocycles. The summed E-state index contributed by atoms with van der Waals surface area (Å²) >= 11 is 0. The van der Waals surface area contributed by atoms with Gasteiger partial charge < -0.3 is 4.81 Å². The van der Waals surface area contributed by atoms with Gasteiger partial charge in [-0.15, -0.1) is 0 Å². The predicted octanol–water partition coefficient (Wildman–Crippen LogP) is -0.251. The summed E-state index contributed by atoms with van der Waals surface area (Å²) in [5, 5.41) is 0. The summed E-state index contributed by atoms with van der Waals surface area (Å²) in [6.45, 7) is 0. The second-order valence-electron chi connectivity index (χ2n) is 2.82. The van der Waals surface area contributed by atoms with Crippen molar-refractivity contribution in [3.05, 3.63) is 29.8 Å². The molecule has 1 aromatic rings. The van der Waals surface area contributed by atoms with Gasteiger partial charge in [0.05, 0.1) is 0 Å². The van der Waals surface area contributed by atoms with Crippen LogP contribution in [0.3, 0.4) is 0 Å². The molecule has 1 amide bonds. The van der Waals surface area contributed by atoms with Gasteiger partial charge in [-0.2, -0.15) is 0 Å². The van der Waals surface area contributed by atoms with E-state index in [-0.39, 0.29) is 5.91 Å². The van der Waals surface area contributed by atoms with Gasteiger partial charge in [0.15, 0.2) is 0 Å². The van der Waals surface area contributed by atoms with E-state index in [1.807, 2.05) is 31.3 Å². The molecule has 2 rings (SSSR count). The Morgan fingerprint density at radius 2 is 2.09 bits per heavy atom. The molecule has 0 unspecified atom stereocenters. The minimum atomic E-state index is 0.139. The van der Waals surface area contributed by atoms with Crippen LogP contribution in [0.25, 0.3) is 0 Å². The van der Waals surface area contributed by atoms with Crippen LogP contribution < -0.4 is 5.46 Å². The molecule has 11 heavy (non-hydrogen) atoms. The number of rotatable bonds is 0. The number of nitrogens with zero attached hydrogens (tertiary/aromatic N) is 1. The number of carbonyl (C=O) groups is 1. The highest BCUT2D eigenvalue weighted by Crippen LogP contribution is 2.06. The fourth-order valence-corrected chi connectivity index (χ4v) is 1.40. The molecular formula is C8H8BNO. The fraction of sp³-hybridized carbons (Fsp3) is 0.125. The van der Waals surface area contributed by atoms with Crippen molar-refractivity contribution in [3.8, 4) is 0 Å². The van der Waals surface area contributed by atoms with Gasteiger partial charge in [-0.25, -0.2) is 0 Å². The maximum atomic E-state index is 11.3. The highest BCUT2D eigenvalue weighted by molar-refractivity contribution is 6.60. The first kappa shape index (κ1) is 6.46. The fourth-order valence-electron chi connectivity index (χ4n) is 1.40. The van der Waals surface area contributed by atoms with E-state index >= 15 is 0 Å². The van der Waals surface area contributed by atoms with Gasteiger partial charge in [0.25, 0.3) is 7.41 Å². The molecule has 0 fully saturated rings. The lowest BCUT2D eigenvalue weighted by Crippen LogP contribution is -2.25. The van der Waals surface area contributed by atoms with Gasteiger partial charge in [-0.3, -0.25) is 4.79 Å². The summed E-state index contributed by atoms with van der Waals surface area (Å²) in [5.74, 6) is 0.139. The van der Waals surface area contributed by atoms with Crippen LogP contribution >= 0.6 is 0 Å². The summed E-state index contributed by atoms with van der Waals surface area (Å²) in [5.41, 5.74) is 2.00. The first-order valence-corrected chi connectivity index (χ1v) is 3.62. The van der Waals surface area contributed by atoms with E-state index in [1.54, 1.807) is 4.81 Å². The zero-order valence-electron chi connectivity index (χ0n) is 6.37. The van der Waals surface area contributed by atoms with Gasteiger partial charge in [-0.05, 0) is 18.6 Å². The Morgan fingerprint density at radius 3 is 2.82 bits per heavy atom. The Kier molecular flexibility index (Phi) is 1.25. The molecule has 1 aromatic carbocycles. The molecule has 1 aliphatic heterocycles. The van der Waals surface area contributed by atoms with Gasteiger partial charge in [0.2, 0.25) is 5.91 Å². The van der Waals surface area contributed by atoms with Crippen molar-refractivity contribution in [2.75, 3.05) is 7.05 Å². The Hall–Kier alpha value is -1.25. The SMILES string of the molecule is CN1Bc2ccccc2C1=O. The molecule has 0 radical (unpaired) electrons. The van der Waals surface area contributed by atoms with Crippen molar-refractivity contribution in [1.82, 2.24) is 4.81 Å². The van der Waals surface area contributed by atoms with Crippen molar-refractivity contribution in [1.29, 1.82) is 0 Å². The largest absolute Gasteiger partial charge is 0.384 e. The number of fused-ring (bicyclic) bond motifs is 1. The third kappa shape index (κ3) is 0.844. The second kappa shape index (κ2) is 2.12. The van der Waals surface area contributed by atoms with Crippen LogP contribution in [0.1, 0.15) is 10.4 Å². The van der Waals surface area contributed by atoms with E-state index in [4.69, 9.17) is 0 Å². The molecule has 1 aliphatic rings. The topological polar surface area (TPSA) is 20.3 Å². The van der Waals surface area contributed by atoms with Crippen molar-refractivity contribution < 1.29 is 4.79 Å². The van der Waals surface area contributed by atoms with Crippen molar-refractivity contribution in [2.24, 2.45) is 0 Å². The molecule has 0 atom stereocenters. The molecule has 54 valence electrons. The molecule has 2 nitrogen and oxygen atoms in total. The van der Waals surface area contributed by atoms with Gasteiger partial charge in [0, 0.05) is 5.56 Å². The van der Waals surface area contributed by atoms with Crippen LogP contribution in [0.15, 0.2) is 24.3 Å². The van der Waals surface area contributed by atoms with Crippen LogP contribution in [-0.4, -0.2) is 25.2 Å². The van der Waals surface area contributed by atoms with E-state index in [2.05, 4.69) is 0 Å². The van der Waals surface area contributed by atoms with Crippen molar-refractivity contribution >= 4 is 18.8 Å². The third-order valence-corrected chi connectivity index (χ3v) is 2.00. The van der Waals surface area contributed by atoms with Crippen LogP contribution in [0, 0.1) is 0 Å². The average molecular weight is 145 g/mol. The van der Waals surface area contributed by atoms with E-state index in [9.17, 15) is 4.79 Å². The first-order chi connectivity index (χ1) is 5.29. The Morgan fingerprint density at radius 1 is 1.36 bits per heavy atom. The van der Waals surface area contributed by atoms with Crippen LogP contribution in [-0.2, 0) is 0 Å². The lowest BCUT2D eigenvalue weighted by Gasteiger charge is -2.04. The smallest absolute Gasteiger partial charge is 0.273 e. The molecule has 0 saturated heterocycles. The van der Waals surface area contributed by atoms with Crippen LogP contribution in [0.4, 0.5) is 0 Å². The summed E-state index contributed by atoms with van der Waals surface area (Å²) in [6, 6.07) is 7.74. The number of hydrogen-bond donors (Lipinski definition) is 0. The Labute approximate surface area is 66.1 Å². The Balaban J connectivity index is 2.55. The molecular weight excluding hydrogens is 137 g/mol. The monoisotopic (exact) mass is 145 g/mol. The maximum Gasteiger partial charge on any atom is 0.273 e. The predicted molar refractivity (Wildman–Crippen MR) is 45.3 cm³/mol. The summed E-state index contributed by atoms with van der Waals surface area (Å²) in [4.78, 5) is 13.0. The first-order valence-electron chi connectivity index (χ1n) is 3.62. The molecule has 0 saturated carbocycles. The molecule has 0 aliphatic carbocycles. The van der Waals surface area contributed by atoms with Gasteiger partial charge in [0.1, 0.15) is 0 Å². The molecule has 0 spiro atoms. The zero-order valence-corrected chi connectivity index (χ0v) is 6.37. The lowest BCUT2D eigenvalue weighted by molar-refractivity contribution is 0.0891. The third-order valence-electron chi connectivity index (χ3n) is 2.00. The maximum absolute atomic E-state index is 11.3. The van der Waals surface area contributed by atoms with Crippen LogP contribution in [0.2, 0.25) is 0 Å². The van der Waals surface area contributed by atoms with Crippen molar-refractivity contribution in [2.45, 2.75) is 0 Å². The standard InChI is InChI=1S/C8H8BNO/c1-10-8(11)6-4-2-3-5-7(6)9-10/h2-5,9H,1H3. The van der Waals surface area contributed by atoms with Gasteiger partial charge in [-0.1, -0.05) is 18.2 Å². The average Bonchev–Trinajstić information content (AvgIpc) is 2.30. The normalized spacial score (nSPS) is 14.6. The van der Waals surface area contributed by atoms with E-state index in [1.165, 1.54) is 0 Å². The van der Waals surface area contributed by atoms with Crippen LogP contribution in [0.5, 0.6) is 0 Å². The summed E-state index contributed by atoms with van der Waals surface area (Å²) in [7, 11) is 2.58. The van der Waals surface area contributed by atoms with E-state index in [0.29, 0.717) is 0 Å². The van der Waals surface area contributed by atoms with E-state index < -0.39 is 0 Å². The van der Waals surface area contributed by atoms with Crippen molar-refractivity contribution in [3.63, 3.8) is 0 Å². The van der Waals surface area contributed by atoms with E-state index in [0.717, 1.165) is 18.4 Å². The number of carbonyl (C=O) groups excluding carboxylic acids is 1. The van der Waals surface area contributed by atoms with Gasteiger partial charge >= 0.3 is 0 Å². The second-order valence-corrected chi connectivity index (χ2v) is 2.82. The number of hydrogen-bond acceptors (Lipinski definition) is 1. The molecule has 0 aromatic heterocycles. The molecule has 0 N–H and O–H groups in total.